The molecule has 0 radical (unpaired) electrons. The minimum absolute atomic E-state index is 0.379. The van der Waals surface area contributed by atoms with Crippen molar-refractivity contribution >= 4 is 12.0 Å². The standard InChI is InChI=1S/C24H24F8N2O2/c1-2-3-4-5-6-17-13-33-20(34-14-17)18-10-7-16(8-11-18)9-12-19(35)36-15-22(27,28)24(31,32)23(29,30)21(25)26/h7-14,21H,2-6,15H2,1H3. The van der Waals surface area contributed by atoms with Gasteiger partial charge in [-0.05, 0) is 30.0 Å². The van der Waals surface area contributed by atoms with E-state index in [1.54, 1.807) is 24.5 Å². The Labute approximate surface area is 202 Å². The Bertz CT molecular complexity index is 1010. The van der Waals surface area contributed by atoms with E-state index in [2.05, 4.69) is 21.6 Å². The van der Waals surface area contributed by atoms with Crippen LogP contribution in [0.4, 0.5) is 35.1 Å². The van der Waals surface area contributed by atoms with Gasteiger partial charge in [0.2, 0.25) is 0 Å². The van der Waals surface area contributed by atoms with E-state index in [9.17, 15) is 39.9 Å². The van der Waals surface area contributed by atoms with Gasteiger partial charge in [0.1, 0.15) is 0 Å². The summed E-state index contributed by atoms with van der Waals surface area (Å²) >= 11 is 0. The van der Waals surface area contributed by atoms with Gasteiger partial charge in [-0.25, -0.2) is 23.5 Å². The molecule has 4 nitrogen and oxygen atoms in total. The third-order valence-corrected chi connectivity index (χ3v) is 5.15. The molecule has 1 aromatic heterocycles. The second-order valence-electron chi connectivity index (χ2n) is 7.99. The first-order valence-corrected chi connectivity index (χ1v) is 11.0. The fraction of sp³-hybridized carbons (Fsp3) is 0.458. The fourth-order valence-corrected chi connectivity index (χ4v) is 2.98. The van der Waals surface area contributed by atoms with Gasteiger partial charge in [0.15, 0.2) is 12.4 Å². The summed E-state index contributed by atoms with van der Waals surface area (Å²) in [5, 5.41) is 0. The van der Waals surface area contributed by atoms with E-state index in [4.69, 9.17) is 0 Å². The quantitative estimate of drug-likeness (QED) is 0.123. The summed E-state index contributed by atoms with van der Waals surface area (Å²) in [5.74, 6) is -19.6. The number of hydrogen-bond donors (Lipinski definition) is 0. The van der Waals surface area contributed by atoms with Crippen LogP contribution in [0.25, 0.3) is 17.5 Å². The average molecular weight is 524 g/mol. The van der Waals surface area contributed by atoms with Gasteiger partial charge < -0.3 is 4.74 Å². The van der Waals surface area contributed by atoms with Crippen LogP contribution in [0.2, 0.25) is 0 Å². The number of nitrogens with zero attached hydrogens (tertiary/aromatic N) is 2. The first-order valence-electron chi connectivity index (χ1n) is 11.0. The molecule has 36 heavy (non-hydrogen) atoms. The highest BCUT2D eigenvalue weighted by Gasteiger charge is 2.75. The van der Waals surface area contributed by atoms with E-state index in [0.717, 1.165) is 37.3 Å². The maximum Gasteiger partial charge on any atom is 0.381 e. The SMILES string of the molecule is CCCCCCc1cnc(-c2ccc(C=CC(=O)OCC(F)(F)C(F)(F)C(F)(F)C(F)F)cc2)nc1. The predicted molar refractivity (Wildman–Crippen MR) is 116 cm³/mol. The number of aromatic nitrogens is 2. The summed E-state index contributed by atoms with van der Waals surface area (Å²) in [4.78, 5) is 20.2. The molecule has 0 unspecified atom stereocenters. The smallest absolute Gasteiger partial charge is 0.381 e. The average Bonchev–Trinajstić information content (AvgIpc) is 2.84. The maximum absolute atomic E-state index is 13.4. The number of unbranched alkanes of at least 4 members (excludes halogenated alkanes) is 3. The number of halogens is 8. The van der Waals surface area contributed by atoms with Crippen molar-refractivity contribution in [2.24, 2.45) is 0 Å². The van der Waals surface area contributed by atoms with Crippen LogP contribution in [-0.2, 0) is 16.0 Å². The predicted octanol–water partition coefficient (Wildman–Crippen LogP) is 6.99. The molecule has 0 aliphatic rings. The molecule has 0 saturated heterocycles. The lowest BCUT2D eigenvalue weighted by Crippen LogP contribution is -2.59. The third-order valence-electron chi connectivity index (χ3n) is 5.15. The van der Waals surface area contributed by atoms with Crippen molar-refractivity contribution in [3.8, 4) is 11.4 Å². The minimum atomic E-state index is -6.44. The Hall–Kier alpha value is -3.05. The largest absolute Gasteiger partial charge is 0.456 e. The molecule has 0 N–H and O–H groups in total. The van der Waals surface area contributed by atoms with Gasteiger partial charge in [-0.1, -0.05) is 50.5 Å². The number of benzene rings is 1. The van der Waals surface area contributed by atoms with Crippen LogP contribution in [0, 0.1) is 0 Å². The summed E-state index contributed by atoms with van der Waals surface area (Å²) in [5.41, 5.74) is 2.04. The Balaban J connectivity index is 1.93. The molecular formula is C24H24F8N2O2. The number of aryl methyl sites for hydroxylation is 1. The summed E-state index contributed by atoms with van der Waals surface area (Å²) in [7, 11) is 0. The van der Waals surface area contributed by atoms with Gasteiger partial charge in [0, 0.05) is 24.0 Å². The van der Waals surface area contributed by atoms with Crippen molar-refractivity contribution < 1.29 is 44.7 Å². The second-order valence-corrected chi connectivity index (χ2v) is 7.99. The van der Waals surface area contributed by atoms with Gasteiger partial charge in [-0.2, -0.15) is 26.3 Å². The van der Waals surface area contributed by atoms with Crippen LogP contribution in [0.5, 0.6) is 0 Å². The molecule has 2 rings (SSSR count). The van der Waals surface area contributed by atoms with Gasteiger partial charge in [0.05, 0.1) is 0 Å². The normalized spacial score (nSPS) is 12.9. The lowest BCUT2D eigenvalue weighted by Gasteiger charge is -2.31. The summed E-state index contributed by atoms with van der Waals surface area (Å²) in [6.07, 6.45) is 5.46. The molecule has 0 aliphatic carbocycles. The Morgan fingerprint density at radius 3 is 2.14 bits per heavy atom. The Morgan fingerprint density at radius 1 is 0.972 bits per heavy atom. The van der Waals surface area contributed by atoms with Crippen molar-refractivity contribution in [2.45, 2.75) is 63.2 Å². The van der Waals surface area contributed by atoms with E-state index < -0.39 is 36.8 Å². The summed E-state index contributed by atoms with van der Waals surface area (Å²) < 4.78 is 107. The lowest BCUT2D eigenvalue weighted by atomic mass is 10.1. The van der Waals surface area contributed by atoms with E-state index in [1.165, 1.54) is 18.6 Å². The summed E-state index contributed by atoms with van der Waals surface area (Å²) in [6.45, 7) is -0.389. The van der Waals surface area contributed by atoms with E-state index in [1.807, 2.05) is 0 Å². The molecule has 1 heterocycles. The van der Waals surface area contributed by atoms with E-state index >= 15 is 0 Å². The van der Waals surface area contributed by atoms with Gasteiger partial charge in [-0.15, -0.1) is 0 Å². The number of esters is 1. The highest BCUT2D eigenvalue weighted by molar-refractivity contribution is 5.87. The van der Waals surface area contributed by atoms with Crippen molar-refractivity contribution in [3.63, 3.8) is 0 Å². The highest BCUT2D eigenvalue weighted by Crippen LogP contribution is 2.48. The van der Waals surface area contributed by atoms with Crippen LogP contribution < -0.4 is 0 Å². The zero-order valence-corrected chi connectivity index (χ0v) is 19.2. The molecule has 0 fully saturated rings. The van der Waals surface area contributed by atoms with Crippen LogP contribution in [0.15, 0.2) is 42.7 Å². The molecule has 0 bridgehead atoms. The zero-order valence-electron chi connectivity index (χ0n) is 19.2. The van der Waals surface area contributed by atoms with Gasteiger partial charge in [-0.3, -0.25) is 0 Å². The van der Waals surface area contributed by atoms with Gasteiger partial charge in [0.25, 0.3) is 0 Å². The molecule has 0 amide bonds. The number of ether oxygens (including phenoxy) is 1. The first kappa shape index (κ1) is 29.2. The number of alkyl halides is 8. The minimum Gasteiger partial charge on any atom is -0.456 e. The number of rotatable bonds is 13. The molecule has 12 heteroatoms. The van der Waals surface area contributed by atoms with Crippen LogP contribution in [0.1, 0.15) is 43.7 Å². The van der Waals surface area contributed by atoms with Crippen molar-refractivity contribution in [1.82, 2.24) is 9.97 Å². The van der Waals surface area contributed by atoms with Crippen molar-refractivity contribution in [1.29, 1.82) is 0 Å². The topological polar surface area (TPSA) is 52.1 Å². The zero-order chi connectivity index (χ0) is 27.0. The van der Waals surface area contributed by atoms with Gasteiger partial charge >= 0.3 is 30.2 Å². The first-order chi connectivity index (χ1) is 16.8. The van der Waals surface area contributed by atoms with Crippen molar-refractivity contribution in [2.75, 3.05) is 6.61 Å². The van der Waals surface area contributed by atoms with Crippen LogP contribution in [-0.4, -0.2) is 46.7 Å². The van der Waals surface area contributed by atoms with Crippen LogP contribution >= 0.6 is 0 Å². The Morgan fingerprint density at radius 2 is 1.58 bits per heavy atom. The Kier molecular flexibility index (Phi) is 9.94. The monoisotopic (exact) mass is 524 g/mol. The van der Waals surface area contributed by atoms with Crippen LogP contribution in [0.3, 0.4) is 0 Å². The lowest BCUT2D eigenvalue weighted by molar-refractivity contribution is -0.344. The van der Waals surface area contributed by atoms with E-state index in [-0.39, 0.29) is 0 Å². The second kappa shape index (κ2) is 12.3. The molecule has 2 aromatic rings. The summed E-state index contributed by atoms with van der Waals surface area (Å²) in [6, 6.07) is 6.27. The number of carbonyl (C=O) groups excluding carboxylic acids is 1. The molecule has 0 spiro atoms. The van der Waals surface area contributed by atoms with Crippen molar-refractivity contribution in [3.05, 3.63) is 53.9 Å². The molecule has 0 aliphatic heterocycles. The van der Waals surface area contributed by atoms with E-state index in [0.29, 0.717) is 23.0 Å². The molecule has 0 saturated carbocycles. The molecular weight excluding hydrogens is 500 g/mol. The highest BCUT2D eigenvalue weighted by atomic mass is 19.4. The number of hydrogen-bond acceptors (Lipinski definition) is 4. The maximum atomic E-state index is 13.4. The molecule has 0 atom stereocenters. The fourth-order valence-electron chi connectivity index (χ4n) is 2.98. The third kappa shape index (κ3) is 7.23. The molecule has 198 valence electrons. The molecule has 1 aromatic carbocycles. The number of carbonyl (C=O) groups is 1.